The Morgan fingerprint density at radius 3 is 2.95 bits per heavy atom. The van der Waals surface area contributed by atoms with Crippen LogP contribution in [0.5, 0.6) is 0 Å². The number of aryl methyl sites for hydroxylation is 1. The van der Waals surface area contributed by atoms with Gasteiger partial charge in [-0.3, -0.25) is 0 Å². The van der Waals surface area contributed by atoms with Crippen molar-refractivity contribution in [2.75, 3.05) is 0 Å². The predicted molar refractivity (Wildman–Crippen MR) is 70.5 cm³/mol. The van der Waals surface area contributed by atoms with Gasteiger partial charge in [-0.25, -0.2) is 4.39 Å². The fourth-order valence-corrected chi connectivity index (χ4v) is 1.77. The van der Waals surface area contributed by atoms with E-state index in [-0.39, 0.29) is 5.84 Å². The smallest absolute Gasteiger partial charge is 0.170 e. The van der Waals surface area contributed by atoms with E-state index in [0.29, 0.717) is 18.7 Å². The molecule has 8 heteroatoms. The van der Waals surface area contributed by atoms with Crippen LogP contribution in [0, 0.1) is 5.82 Å². The lowest BCUT2D eigenvalue weighted by atomic mass is 10.1. The average Bonchev–Trinajstić information content (AvgIpc) is 2.85. The molecule has 1 aromatic heterocycles. The Bertz CT molecular complexity index is 624. The summed E-state index contributed by atoms with van der Waals surface area (Å²) < 4.78 is 15.0. The zero-order valence-electron chi connectivity index (χ0n) is 10.9. The molecule has 0 amide bonds. The second kappa shape index (κ2) is 6.11. The van der Waals surface area contributed by atoms with Crippen LogP contribution in [0.4, 0.5) is 4.39 Å². The van der Waals surface area contributed by atoms with Gasteiger partial charge in [0.05, 0.1) is 6.54 Å². The molecule has 0 fully saturated rings. The fourth-order valence-electron chi connectivity index (χ4n) is 1.77. The molecule has 0 spiro atoms. The molecule has 0 unspecified atom stereocenters. The molecule has 0 bridgehead atoms. The number of hydrogen-bond acceptors (Lipinski definition) is 5. The van der Waals surface area contributed by atoms with Crippen LogP contribution in [-0.2, 0) is 20.1 Å². The van der Waals surface area contributed by atoms with E-state index in [1.165, 1.54) is 12.1 Å². The molecule has 0 atom stereocenters. The first-order chi connectivity index (χ1) is 9.61. The number of oxime groups is 1. The van der Waals surface area contributed by atoms with Crippen LogP contribution < -0.4 is 11.1 Å². The van der Waals surface area contributed by atoms with Gasteiger partial charge in [0.25, 0.3) is 0 Å². The van der Waals surface area contributed by atoms with Gasteiger partial charge in [0.15, 0.2) is 5.84 Å². The van der Waals surface area contributed by atoms with Crippen molar-refractivity contribution in [3.63, 3.8) is 0 Å². The normalized spacial score (nSPS) is 11.8. The molecule has 20 heavy (non-hydrogen) atoms. The largest absolute Gasteiger partial charge is 0.409 e. The summed E-state index contributed by atoms with van der Waals surface area (Å²) in [5.41, 5.74) is 6.62. The molecule has 2 aromatic rings. The maximum Gasteiger partial charge on any atom is 0.170 e. The Balaban J connectivity index is 2.08. The Labute approximate surface area is 114 Å². The third-order valence-corrected chi connectivity index (χ3v) is 2.86. The number of aromatic nitrogens is 3. The third-order valence-electron chi connectivity index (χ3n) is 2.86. The summed E-state index contributed by atoms with van der Waals surface area (Å²) in [6.07, 6.45) is 1.61. The summed E-state index contributed by atoms with van der Waals surface area (Å²) >= 11 is 0. The van der Waals surface area contributed by atoms with Crippen LogP contribution >= 0.6 is 0 Å². The molecule has 1 aromatic carbocycles. The van der Waals surface area contributed by atoms with Gasteiger partial charge >= 0.3 is 0 Å². The van der Waals surface area contributed by atoms with E-state index in [0.717, 1.165) is 11.4 Å². The number of nitrogens with zero attached hydrogens (tertiary/aromatic N) is 4. The monoisotopic (exact) mass is 278 g/mol. The summed E-state index contributed by atoms with van der Waals surface area (Å²) in [5, 5.41) is 22.5. The summed E-state index contributed by atoms with van der Waals surface area (Å²) in [7, 11) is 1.84. The number of nitrogens with two attached hydrogens (primary N) is 1. The van der Waals surface area contributed by atoms with Crippen molar-refractivity contribution in [1.29, 1.82) is 0 Å². The molecule has 1 heterocycles. The summed E-state index contributed by atoms with van der Waals surface area (Å²) in [5.74, 6) is 0.209. The Hall–Kier alpha value is -2.48. The Morgan fingerprint density at radius 2 is 2.30 bits per heavy atom. The van der Waals surface area contributed by atoms with Gasteiger partial charge in [-0.2, -0.15) is 0 Å². The van der Waals surface area contributed by atoms with Crippen LogP contribution in [0.1, 0.15) is 17.0 Å². The molecule has 0 radical (unpaired) electrons. The van der Waals surface area contributed by atoms with Crippen LogP contribution in [-0.4, -0.2) is 25.8 Å². The third kappa shape index (κ3) is 3.09. The van der Waals surface area contributed by atoms with Crippen molar-refractivity contribution >= 4 is 5.84 Å². The summed E-state index contributed by atoms with van der Waals surface area (Å²) in [6, 6.07) is 4.15. The van der Waals surface area contributed by atoms with Gasteiger partial charge < -0.3 is 20.8 Å². The van der Waals surface area contributed by atoms with E-state index in [1.807, 2.05) is 7.05 Å². The molecule has 4 N–H and O–H groups in total. The highest BCUT2D eigenvalue weighted by Gasteiger charge is 2.09. The van der Waals surface area contributed by atoms with Gasteiger partial charge in [0, 0.05) is 19.2 Å². The molecular formula is C12H15FN6O. The van der Waals surface area contributed by atoms with Crippen molar-refractivity contribution in [3.8, 4) is 0 Å². The molecule has 2 rings (SSSR count). The number of hydrogen-bond donors (Lipinski definition) is 3. The second-order valence-electron chi connectivity index (χ2n) is 4.25. The molecule has 0 saturated heterocycles. The molecule has 106 valence electrons. The second-order valence-corrected chi connectivity index (χ2v) is 4.25. The van der Waals surface area contributed by atoms with Gasteiger partial charge in [0.1, 0.15) is 18.0 Å². The van der Waals surface area contributed by atoms with E-state index in [4.69, 9.17) is 10.9 Å². The first-order valence-corrected chi connectivity index (χ1v) is 5.91. The number of benzene rings is 1. The zero-order chi connectivity index (χ0) is 14.5. The lowest BCUT2D eigenvalue weighted by Crippen LogP contribution is -2.21. The number of nitrogens with one attached hydrogen (secondary N) is 1. The highest BCUT2D eigenvalue weighted by Crippen LogP contribution is 2.11. The van der Waals surface area contributed by atoms with Crippen molar-refractivity contribution in [2.45, 2.75) is 13.1 Å². The quantitative estimate of drug-likeness (QED) is 0.317. The molecule has 0 aliphatic rings. The zero-order valence-corrected chi connectivity index (χ0v) is 10.9. The van der Waals surface area contributed by atoms with Crippen LogP contribution in [0.2, 0.25) is 0 Å². The standard InChI is InChI=1S/C12H15FN6O/c1-19-7-16-17-11(19)6-15-5-8-2-3-9(13)4-10(8)12(14)18-20/h2-4,7,15,20H,5-6H2,1H3,(H2,14,18). The summed E-state index contributed by atoms with van der Waals surface area (Å²) in [6.45, 7) is 0.933. The topological polar surface area (TPSA) is 101 Å². The van der Waals surface area contributed by atoms with E-state index in [1.54, 1.807) is 17.0 Å². The highest BCUT2D eigenvalue weighted by molar-refractivity contribution is 5.98. The Kier molecular flexibility index (Phi) is 4.26. The fraction of sp³-hybridized carbons (Fsp3) is 0.250. The van der Waals surface area contributed by atoms with Crippen LogP contribution in [0.15, 0.2) is 29.7 Å². The van der Waals surface area contributed by atoms with Crippen molar-refractivity contribution in [3.05, 3.63) is 47.3 Å². The number of amidine groups is 1. The lowest BCUT2D eigenvalue weighted by Gasteiger charge is -2.09. The van der Waals surface area contributed by atoms with Gasteiger partial charge in [-0.1, -0.05) is 11.2 Å². The molecule has 0 aliphatic heterocycles. The van der Waals surface area contributed by atoms with Gasteiger partial charge in [-0.05, 0) is 17.7 Å². The molecule has 7 nitrogen and oxygen atoms in total. The highest BCUT2D eigenvalue weighted by atomic mass is 19.1. The minimum absolute atomic E-state index is 0.125. The number of rotatable bonds is 5. The predicted octanol–water partition coefficient (Wildman–Crippen LogP) is 0.338. The van der Waals surface area contributed by atoms with Gasteiger partial charge in [-0.15, -0.1) is 10.2 Å². The first kappa shape index (κ1) is 13.9. The summed E-state index contributed by atoms with van der Waals surface area (Å²) in [4.78, 5) is 0. The molecule has 0 aliphatic carbocycles. The van der Waals surface area contributed by atoms with Crippen molar-refractivity contribution in [1.82, 2.24) is 20.1 Å². The SMILES string of the molecule is Cn1cnnc1CNCc1ccc(F)cc1C(N)=NO. The minimum Gasteiger partial charge on any atom is -0.409 e. The molecular weight excluding hydrogens is 263 g/mol. The Morgan fingerprint density at radius 1 is 1.50 bits per heavy atom. The van der Waals surface area contributed by atoms with Crippen LogP contribution in [0.25, 0.3) is 0 Å². The number of halogens is 1. The van der Waals surface area contributed by atoms with E-state index in [9.17, 15) is 4.39 Å². The first-order valence-electron chi connectivity index (χ1n) is 5.91. The van der Waals surface area contributed by atoms with E-state index < -0.39 is 5.82 Å². The van der Waals surface area contributed by atoms with Crippen LogP contribution in [0.3, 0.4) is 0 Å². The molecule has 0 saturated carbocycles. The van der Waals surface area contributed by atoms with Gasteiger partial charge in [0.2, 0.25) is 0 Å². The van der Waals surface area contributed by atoms with E-state index >= 15 is 0 Å². The lowest BCUT2D eigenvalue weighted by molar-refractivity contribution is 0.318. The maximum atomic E-state index is 13.2. The van der Waals surface area contributed by atoms with E-state index in [2.05, 4.69) is 20.7 Å². The minimum atomic E-state index is -0.441. The van der Waals surface area contributed by atoms with Crippen molar-refractivity contribution < 1.29 is 9.60 Å². The maximum absolute atomic E-state index is 13.2. The average molecular weight is 278 g/mol. The van der Waals surface area contributed by atoms with Crippen molar-refractivity contribution in [2.24, 2.45) is 17.9 Å².